The van der Waals surface area contributed by atoms with Crippen LogP contribution < -0.4 is 11.1 Å². The van der Waals surface area contributed by atoms with Crippen LogP contribution in [0.3, 0.4) is 0 Å². The minimum atomic E-state index is -0.663. The highest BCUT2D eigenvalue weighted by atomic mass is 19.1. The number of esters is 1. The van der Waals surface area contributed by atoms with E-state index in [4.69, 9.17) is 10.5 Å². The zero-order chi connectivity index (χ0) is 17.8. The minimum absolute atomic E-state index is 0.202. The summed E-state index contributed by atoms with van der Waals surface area (Å²) >= 11 is 0. The van der Waals surface area contributed by atoms with Gasteiger partial charge in [-0.15, -0.1) is 0 Å². The maximum absolute atomic E-state index is 13.1. The Kier molecular flexibility index (Phi) is 4.73. The molecule has 0 unspecified atom stereocenters. The number of nitrogens with one attached hydrogen (secondary N) is 1. The standard InChI is InChI=1S/C16H17FN6O2/c1-2-25-14(24)5-6-23-13-4-3-11(7-10(13)8-20-23)21-16-19-9-12(17)15(18)22-16/h3-4,7-9H,2,5-6H2,1H3,(H3,18,19,21,22). The second kappa shape index (κ2) is 7.12. The number of aryl methyl sites for hydroxylation is 1. The number of halogens is 1. The fourth-order valence-electron chi connectivity index (χ4n) is 2.34. The van der Waals surface area contributed by atoms with E-state index in [2.05, 4.69) is 20.4 Å². The van der Waals surface area contributed by atoms with Gasteiger partial charge in [-0.3, -0.25) is 9.48 Å². The van der Waals surface area contributed by atoms with Crippen molar-refractivity contribution in [3.05, 3.63) is 36.4 Å². The van der Waals surface area contributed by atoms with Crippen LogP contribution >= 0.6 is 0 Å². The van der Waals surface area contributed by atoms with Gasteiger partial charge in [0.15, 0.2) is 11.6 Å². The van der Waals surface area contributed by atoms with Gasteiger partial charge in [-0.1, -0.05) is 0 Å². The summed E-state index contributed by atoms with van der Waals surface area (Å²) < 4.78 is 19.8. The number of ether oxygens (including phenoxy) is 1. The number of aromatic nitrogens is 4. The zero-order valence-corrected chi connectivity index (χ0v) is 13.6. The highest BCUT2D eigenvalue weighted by molar-refractivity contribution is 5.83. The molecule has 0 bridgehead atoms. The highest BCUT2D eigenvalue weighted by Crippen LogP contribution is 2.21. The van der Waals surface area contributed by atoms with Gasteiger partial charge >= 0.3 is 5.97 Å². The Hall–Kier alpha value is -3.23. The number of hydrogen-bond donors (Lipinski definition) is 2. The molecule has 1 aromatic carbocycles. The molecule has 3 aromatic rings. The van der Waals surface area contributed by atoms with E-state index < -0.39 is 5.82 Å². The molecule has 3 rings (SSSR count). The van der Waals surface area contributed by atoms with Crippen LogP contribution in [0.2, 0.25) is 0 Å². The number of hydrogen-bond acceptors (Lipinski definition) is 7. The van der Waals surface area contributed by atoms with E-state index in [1.54, 1.807) is 17.8 Å². The molecule has 0 radical (unpaired) electrons. The van der Waals surface area contributed by atoms with Crippen LogP contribution in [-0.2, 0) is 16.1 Å². The van der Waals surface area contributed by atoms with E-state index in [9.17, 15) is 9.18 Å². The second-order valence-corrected chi connectivity index (χ2v) is 5.25. The Labute approximate surface area is 142 Å². The number of nitrogens with zero attached hydrogens (tertiary/aromatic N) is 4. The first-order chi connectivity index (χ1) is 12.1. The predicted octanol–water partition coefficient (Wildman–Crippen LogP) is 2.24. The van der Waals surface area contributed by atoms with Gasteiger partial charge < -0.3 is 15.8 Å². The lowest BCUT2D eigenvalue weighted by molar-refractivity contribution is -0.143. The summed E-state index contributed by atoms with van der Waals surface area (Å²) in [4.78, 5) is 19.1. The Bertz CT molecular complexity index is 911. The summed E-state index contributed by atoms with van der Waals surface area (Å²) in [6.07, 6.45) is 2.97. The topological polar surface area (TPSA) is 108 Å². The quantitative estimate of drug-likeness (QED) is 0.660. The largest absolute Gasteiger partial charge is 0.466 e. The van der Waals surface area contributed by atoms with Crippen molar-refractivity contribution in [2.45, 2.75) is 19.9 Å². The molecule has 25 heavy (non-hydrogen) atoms. The SMILES string of the molecule is CCOC(=O)CCn1ncc2cc(Nc3ncc(F)c(N)n3)ccc21. The van der Waals surface area contributed by atoms with E-state index in [0.717, 1.165) is 17.1 Å². The molecule has 2 heterocycles. The lowest BCUT2D eigenvalue weighted by Crippen LogP contribution is -2.09. The molecule has 3 N–H and O–H groups in total. The zero-order valence-electron chi connectivity index (χ0n) is 13.6. The molecule has 0 aliphatic rings. The summed E-state index contributed by atoms with van der Waals surface area (Å²) in [6, 6.07) is 5.53. The molecule has 0 amide bonds. The molecule has 0 aliphatic heterocycles. The van der Waals surface area contributed by atoms with Gasteiger partial charge in [0.2, 0.25) is 5.95 Å². The lowest BCUT2D eigenvalue weighted by Gasteiger charge is -2.07. The van der Waals surface area contributed by atoms with E-state index in [0.29, 0.717) is 18.8 Å². The van der Waals surface area contributed by atoms with Crippen LogP contribution in [-0.4, -0.2) is 32.3 Å². The van der Waals surface area contributed by atoms with E-state index in [1.807, 2.05) is 18.2 Å². The molecule has 130 valence electrons. The molecular formula is C16H17FN6O2. The molecule has 9 heteroatoms. The van der Waals surface area contributed by atoms with Crippen LogP contribution in [0.15, 0.2) is 30.6 Å². The lowest BCUT2D eigenvalue weighted by atomic mass is 10.2. The fourth-order valence-corrected chi connectivity index (χ4v) is 2.34. The van der Waals surface area contributed by atoms with E-state index >= 15 is 0 Å². The van der Waals surface area contributed by atoms with Crippen LogP contribution in [0.5, 0.6) is 0 Å². The third-order valence-corrected chi connectivity index (χ3v) is 3.50. The maximum atomic E-state index is 13.1. The third-order valence-electron chi connectivity index (χ3n) is 3.50. The number of nitrogens with two attached hydrogens (primary N) is 1. The van der Waals surface area contributed by atoms with Crippen molar-refractivity contribution in [2.24, 2.45) is 0 Å². The molecule has 2 aromatic heterocycles. The van der Waals surface area contributed by atoms with Gasteiger partial charge in [-0.05, 0) is 25.1 Å². The maximum Gasteiger partial charge on any atom is 0.307 e. The van der Waals surface area contributed by atoms with Crippen molar-refractivity contribution in [1.82, 2.24) is 19.7 Å². The summed E-state index contributed by atoms with van der Waals surface area (Å²) in [5.74, 6) is -0.933. The smallest absolute Gasteiger partial charge is 0.307 e. The summed E-state index contributed by atoms with van der Waals surface area (Å²) in [7, 11) is 0. The Morgan fingerprint density at radius 1 is 1.40 bits per heavy atom. The number of carbonyl (C=O) groups is 1. The van der Waals surface area contributed by atoms with Crippen LogP contribution in [0, 0.1) is 5.82 Å². The van der Waals surface area contributed by atoms with Crippen molar-refractivity contribution in [3.8, 4) is 0 Å². The highest BCUT2D eigenvalue weighted by Gasteiger charge is 2.08. The van der Waals surface area contributed by atoms with E-state index in [1.165, 1.54) is 0 Å². The van der Waals surface area contributed by atoms with Gasteiger partial charge in [0, 0.05) is 11.1 Å². The molecule has 0 saturated heterocycles. The average Bonchev–Trinajstić information content (AvgIpc) is 2.99. The van der Waals surface area contributed by atoms with Crippen molar-refractivity contribution in [3.63, 3.8) is 0 Å². The molecule has 0 fully saturated rings. The van der Waals surface area contributed by atoms with Crippen LogP contribution in [0.25, 0.3) is 10.9 Å². The number of nitrogen functional groups attached to an aromatic ring is 1. The first kappa shape index (κ1) is 16.6. The number of fused-ring (bicyclic) bond motifs is 1. The van der Waals surface area contributed by atoms with Gasteiger partial charge in [0.1, 0.15) is 0 Å². The molecule has 0 saturated carbocycles. The van der Waals surface area contributed by atoms with Crippen LogP contribution in [0.1, 0.15) is 13.3 Å². The summed E-state index contributed by atoms with van der Waals surface area (Å²) in [6.45, 7) is 2.57. The number of carbonyl (C=O) groups excluding carboxylic acids is 1. The summed E-state index contributed by atoms with van der Waals surface area (Å²) in [5.41, 5.74) is 7.03. The number of anilines is 3. The Morgan fingerprint density at radius 3 is 3.00 bits per heavy atom. The molecule has 0 aliphatic carbocycles. The number of benzene rings is 1. The fraction of sp³-hybridized carbons (Fsp3) is 0.250. The Balaban J connectivity index is 1.74. The van der Waals surface area contributed by atoms with Crippen molar-refractivity contribution < 1.29 is 13.9 Å². The normalized spacial score (nSPS) is 10.8. The first-order valence-electron chi connectivity index (χ1n) is 7.73. The Morgan fingerprint density at radius 2 is 2.24 bits per heavy atom. The second-order valence-electron chi connectivity index (χ2n) is 5.25. The predicted molar refractivity (Wildman–Crippen MR) is 90.7 cm³/mol. The monoisotopic (exact) mass is 344 g/mol. The molecular weight excluding hydrogens is 327 g/mol. The molecule has 0 spiro atoms. The van der Waals surface area contributed by atoms with Gasteiger partial charge in [-0.25, -0.2) is 9.37 Å². The minimum Gasteiger partial charge on any atom is -0.466 e. The number of rotatable bonds is 6. The van der Waals surface area contributed by atoms with Gasteiger partial charge in [0.25, 0.3) is 0 Å². The van der Waals surface area contributed by atoms with Crippen molar-refractivity contribution in [2.75, 3.05) is 17.7 Å². The van der Waals surface area contributed by atoms with Gasteiger partial charge in [-0.2, -0.15) is 10.1 Å². The summed E-state index contributed by atoms with van der Waals surface area (Å²) in [5, 5.41) is 8.12. The molecule has 8 nitrogen and oxygen atoms in total. The van der Waals surface area contributed by atoms with E-state index in [-0.39, 0.29) is 24.2 Å². The van der Waals surface area contributed by atoms with Crippen molar-refractivity contribution >= 4 is 34.3 Å². The van der Waals surface area contributed by atoms with Gasteiger partial charge in [0.05, 0.1) is 37.5 Å². The van der Waals surface area contributed by atoms with Crippen LogP contribution in [0.4, 0.5) is 21.8 Å². The molecule has 0 atom stereocenters. The third kappa shape index (κ3) is 3.82. The average molecular weight is 344 g/mol. The first-order valence-corrected chi connectivity index (χ1v) is 7.73. The van der Waals surface area contributed by atoms with Crippen molar-refractivity contribution in [1.29, 1.82) is 0 Å².